The Kier molecular flexibility index (Phi) is 4.41. The quantitative estimate of drug-likeness (QED) is 0.852. The van der Waals surface area contributed by atoms with Crippen molar-refractivity contribution < 1.29 is 17.2 Å². The molecule has 0 aliphatic rings. The molecule has 1 aromatic heterocycles. The number of rotatable bonds is 5. The van der Waals surface area contributed by atoms with Crippen LogP contribution in [0.1, 0.15) is 31.2 Å². The largest absolute Gasteiger partial charge is 0.341 e. The van der Waals surface area contributed by atoms with Gasteiger partial charge in [0, 0.05) is 24.9 Å². The van der Waals surface area contributed by atoms with Gasteiger partial charge < -0.3 is 4.57 Å². The van der Waals surface area contributed by atoms with E-state index in [1.165, 1.54) is 12.1 Å². The lowest BCUT2D eigenvalue weighted by Gasteiger charge is -2.11. The van der Waals surface area contributed by atoms with Gasteiger partial charge in [-0.1, -0.05) is 26.0 Å². The second-order valence-electron chi connectivity index (χ2n) is 5.02. The van der Waals surface area contributed by atoms with E-state index in [2.05, 4.69) is 4.98 Å². The molecule has 0 unspecified atom stereocenters. The molecule has 1 heterocycles. The van der Waals surface area contributed by atoms with E-state index < -0.39 is 15.6 Å². The van der Waals surface area contributed by atoms with Crippen molar-refractivity contribution in [2.45, 2.75) is 37.0 Å². The third-order valence-corrected chi connectivity index (χ3v) is 4.50. The van der Waals surface area contributed by atoms with E-state index in [0.717, 1.165) is 11.4 Å². The maximum Gasteiger partial charge on any atom is 0.341 e. The Labute approximate surface area is 122 Å². The maximum absolute atomic E-state index is 12.4. The van der Waals surface area contributed by atoms with Crippen LogP contribution >= 0.6 is 0 Å². The summed E-state index contributed by atoms with van der Waals surface area (Å²) in [5, 5.41) is 0. The molecule has 2 aromatic rings. The molecule has 0 amide bonds. The Hall–Kier alpha value is -1.76. The highest BCUT2D eigenvalue weighted by atomic mass is 32.2. The number of benzene rings is 1. The summed E-state index contributed by atoms with van der Waals surface area (Å²) >= 11 is 0. The van der Waals surface area contributed by atoms with E-state index in [1.54, 1.807) is 18.3 Å². The molecule has 0 N–H and O–H groups in total. The number of alkyl halides is 2. The molecule has 0 radical (unpaired) electrons. The molecule has 7 heteroatoms. The summed E-state index contributed by atoms with van der Waals surface area (Å²) in [5.41, 5.74) is 0.822. The lowest BCUT2D eigenvalue weighted by atomic mass is 10.2. The number of hydrogen-bond acceptors (Lipinski definition) is 3. The van der Waals surface area contributed by atoms with Crippen LogP contribution in [0, 0.1) is 0 Å². The highest BCUT2D eigenvalue weighted by Gasteiger charge is 2.26. The second kappa shape index (κ2) is 5.93. The summed E-state index contributed by atoms with van der Waals surface area (Å²) in [6.07, 6.45) is 3.53. The van der Waals surface area contributed by atoms with E-state index in [9.17, 15) is 17.2 Å². The van der Waals surface area contributed by atoms with Gasteiger partial charge in [-0.05, 0) is 17.7 Å². The third-order valence-electron chi connectivity index (χ3n) is 3.10. The second-order valence-corrected chi connectivity index (χ2v) is 6.94. The van der Waals surface area contributed by atoms with Crippen LogP contribution in [0.25, 0.3) is 0 Å². The topological polar surface area (TPSA) is 52.0 Å². The Morgan fingerprint density at radius 2 is 1.81 bits per heavy atom. The normalized spacial score (nSPS) is 12.3. The fraction of sp³-hybridized carbons (Fsp3) is 0.357. The zero-order valence-corrected chi connectivity index (χ0v) is 12.5. The van der Waals surface area contributed by atoms with E-state index in [4.69, 9.17) is 0 Å². The Morgan fingerprint density at radius 1 is 1.19 bits per heavy atom. The van der Waals surface area contributed by atoms with Crippen molar-refractivity contribution in [1.82, 2.24) is 9.55 Å². The lowest BCUT2D eigenvalue weighted by molar-refractivity contribution is 0.234. The number of sulfone groups is 1. The van der Waals surface area contributed by atoms with Gasteiger partial charge in [0.15, 0.2) is 0 Å². The molecule has 0 spiro atoms. The first kappa shape index (κ1) is 15.6. The summed E-state index contributed by atoms with van der Waals surface area (Å²) in [6, 6.07) is 5.50. The molecule has 114 valence electrons. The molecule has 21 heavy (non-hydrogen) atoms. The van der Waals surface area contributed by atoms with Crippen molar-refractivity contribution in [3.8, 4) is 0 Å². The van der Waals surface area contributed by atoms with E-state index in [1.807, 2.05) is 24.6 Å². The molecule has 0 saturated heterocycles. The van der Waals surface area contributed by atoms with Gasteiger partial charge in [0.25, 0.3) is 0 Å². The fourth-order valence-corrected chi connectivity index (χ4v) is 2.76. The predicted molar refractivity (Wildman–Crippen MR) is 75.0 cm³/mol. The third kappa shape index (κ3) is 3.29. The maximum atomic E-state index is 12.4. The van der Waals surface area contributed by atoms with Gasteiger partial charge in [0.1, 0.15) is 5.82 Å². The Bertz CT molecular complexity index is 707. The zero-order valence-electron chi connectivity index (χ0n) is 11.7. The summed E-state index contributed by atoms with van der Waals surface area (Å²) < 4.78 is 49.5. The van der Waals surface area contributed by atoms with Gasteiger partial charge in [0.2, 0.25) is 9.84 Å². The SMILES string of the molecule is CC(C)c1nccn1Cc1ccc(S(=O)(=O)C(F)F)cc1. The van der Waals surface area contributed by atoms with E-state index in [-0.39, 0.29) is 10.8 Å². The summed E-state index contributed by atoms with van der Waals surface area (Å²) in [5.74, 6) is -2.22. The average molecular weight is 314 g/mol. The van der Waals surface area contributed by atoms with Crippen molar-refractivity contribution in [2.75, 3.05) is 0 Å². The molecular formula is C14H16F2N2O2S. The highest BCUT2D eigenvalue weighted by Crippen LogP contribution is 2.20. The summed E-state index contributed by atoms with van der Waals surface area (Å²) in [4.78, 5) is 3.89. The first-order valence-electron chi connectivity index (χ1n) is 6.44. The van der Waals surface area contributed by atoms with Crippen molar-refractivity contribution in [1.29, 1.82) is 0 Å². The van der Waals surface area contributed by atoms with Gasteiger partial charge in [-0.15, -0.1) is 0 Å². The molecule has 0 atom stereocenters. The van der Waals surface area contributed by atoms with Gasteiger partial charge in [0.05, 0.1) is 4.90 Å². The summed E-state index contributed by atoms with van der Waals surface area (Å²) in [6.45, 7) is 4.57. The van der Waals surface area contributed by atoms with Crippen LogP contribution in [0.5, 0.6) is 0 Å². The average Bonchev–Trinajstić information content (AvgIpc) is 2.87. The predicted octanol–water partition coefficient (Wildman–Crippen LogP) is 3.05. The smallest absolute Gasteiger partial charge is 0.330 e. The van der Waals surface area contributed by atoms with Crippen LogP contribution in [0.3, 0.4) is 0 Å². The minimum atomic E-state index is -4.53. The number of aromatic nitrogens is 2. The zero-order chi connectivity index (χ0) is 15.6. The number of nitrogens with zero attached hydrogens (tertiary/aromatic N) is 2. The van der Waals surface area contributed by atoms with Gasteiger partial charge in [-0.2, -0.15) is 8.78 Å². The van der Waals surface area contributed by atoms with Gasteiger partial charge in [-0.3, -0.25) is 0 Å². The first-order valence-corrected chi connectivity index (χ1v) is 7.99. The molecule has 0 fully saturated rings. The van der Waals surface area contributed by atoms with Crippen molar-refractivity contribution in [2.24, 2.45) is 0 Å². The van der Waals surface area contributed by atoms with E-state index >= 15 is 0 Å². The molecule has 0 bridgehead atoms. The van der Waals surface area contributed by atoms with E-state index in [0.29, 0.717) is 6.54 Å². The number of imidazole rings is 1. The molecule has 0 aliphatic carbocycles. The van der Waals surface area contributed by atoms with Crippen molar-refractivity contribution in [3.63, 3.8) is 0 Å². The van der Waals surface area contributed by atoms with Crippen LogP contribution in [-0.4, -0.2) is 23.7 Å². The van der Waals surface area contributed by atoms with Crippen molar-refractivity contribution >= 4 is 9.84 Å². The minimum Gasteiger partial charge on any atom is -0.330 e. The highest BCUT2D eigenvalue weighted by molar-refractivity contribution is 7.91. The molecule has 0 saturated carbocycles. The standard InChI is InChI=1S/C14H16F2N2O2S/c1-10(2)13-17-7-8-18(13)9-11-3-5-12(6-4-11)21(19,20)14(15)16/h3-8,10,14H,9H2,1-2H3. The molecule has 2 rings (SSSR count). The Balaban J connectivity index is 2.22. The summed E-state index contributed by atoms with van der Waals surface area (Å²) in [7, 11) is -4.53. The fourth-order valence-electron chi connectivity index (χ4n) is 2.04. The van der Waals surface area contributed by atoms with Crippen molar-refractivity contribution in [3.05, 3.63) is 48.0 Å². The van der Waals surface area contributed by atoms with Crippen LogP contribution in [0.15, 0.2) is 41.6 Å². The molecular weight excluding hydrogens is 298 g/mol. The van der Waals surface area contributed by atoms with Crippen LogP contribution in [-0.2, 0) is 16.4 Å². The van der Waals surface area contributed by atoms with Gasteiger partial charge >= 0.3 is 5.76 Å². The van der Waals surface area contributed by atoms with Crippen LogP contribution in [0.4, 0.5) is 8.78 Å². The molecule has 0 aliphatic heterocycles. The van der Waals surface area contributed by atoms with Crippen LogP contribution < -0.4 is 0 Å². The number of halogens is 2. The molecule has 4 nitrogen and oxygen atoms in total. The van der Waals surface area contributed by atoms with Gasteiger partial charge in [-0.25, -0.2) is 13.4 Å². The van der Waals surface area contributed by atoms with Crippen LogP contribution in [0.2, 0.25) is 0 Å². The molecule has 1 aromatic carbocycles. The lowest BCUT2D eigenvalue weighted by Crippen LogP contribution is -2.11. The Morgan fingerprint density at radius 3 is 2.33 bits per heavy atom. The monoisotopic (exact) mass is 314 g/mol. The first-order chi connectivity index (χ1) is 9.82. The minimum absolute atomic E-state index is 0.262. The number of hydrogen-bond donors (Lipinski definition) is 0.